The zero-order valence-corrected chi connectivity index (χ0v) is 15.1. The molecule has 1 aromatic carbocycles. The first-order chi connectivity index (χ1) is 10.7. The molecule has 1 aliphatic rings. The third kappa shape index (κ3) is 3.21. The molecule has 1 aromatic rings. The maximum absolute atomic E-state index is 13.0. The van der Waals surface area contributed by atoms with Gasteiger partial charge in [0.05, 0.1) is 11.5 Å². The molecule has 128 valence electrons. The molecule has 1 atom stereocenters. The second-order valence-corrected chi connectivity index (χ2v) is 7.73. The summed E-state index contributed by atoms with van der Waals surface area (Å²) in [4.78, 5) is 13.9. The Morgan fingerprint density at radius 1 is 1.22 bits per heavy atom. The van der Waals surface area contributed by atoms with Gasteiger partial charge in [0.1, 0.15) is 11.8 Å². The number of rotatable bonds is 4. The van der Waals surface area contributed by atoms with Gasteiger partial charge in [-0.3, -0.25) is 4.79 Å². The van der Waals surface area contributed by atoms with Gasteiger partial charge in [-0.1, -0.05) is 0 Å². The van der Waals surface area contributed by atoms with Gasteiger partial charge in [0.25, 0.3) is 0 Å². The van der Waals surface area contributed by atoms with Crippen molar-refractivity contribution in [3.05, 3.63) is 23.3 Å². The molecule has 23 heavy (non-hydrogen) atoms. The first-order valence-electron chi connectivity index (χ1n) is 7.71. The molecular formula is C16H24N2O4S. The number of hydrogen-bond donors (Lipinski definition) is 0. The van der Waals surface area contributed by atoms with E-state index < -0.39 is 16.1 Å². The van der Waals surface area contributed by atoms with Gasteiger partial charge in [0.15, 0.2) is 0 Å². The summed E-state index contributed by atoms with van der Waals surface area (Å²) in [6.07, 6.45) is 0. The molecule has 0 aromatic heterocycles. The minimum Gasteiger partial charge on any atom is -0.494 e. The SMILES string of the molecule is CCOc1cc(C)c(S(=O)(=O)N2CCN(C)C(=O)C2C)cc1C. The number of hydrogen-bond acceptors (Lipinski definition) is 4. The van der Waals surface area contributed by atoms with Crippen LogP contribution in [-0.2, 0) is 14.8 Å². The van der Waals surface area contributed by atoms with Gasteiger partial charge in [-0.15, -0.1) is 0 Å². The highest BCUT2D eigenvalue weighted by Crippen LogP contribution is 2.29. The summed E-state index contributed by atoms with van der Waals surface area (Å²) in [5, 5.41) is 0. The molecule has 1 amide bonds. The fourth-order valence-corrected chi connectivity index (χ4v) is 4.67. The van der Waals surface area contributed by atoms with Crippen molar-refractivity contribution >= 4 is 15.9 Å². The number of carbonyl (C=O) groups is 1. The number of likely N-dealkylation sites (N-methyl/N-ethyl adjacent to an activating group) is 1. The van der Waals surface area contributed by atoms with Crippen LogP contribution in [0.4, 0.5) is 0 Å². The van der Waals surface area contributed by atoms with Crippen LogP contribution in [-0.4, -0.2) is 56.3 Å². The Morgan fingerprint density at radius 3 is 2.48 bits per heavy atom. The molecule has 1 saturated heterocycles. The lowest BCUT2D eigenvalue weighted by atomic mass is 10.1. The summed E-state index contributed by atoms with van der Waals surface area (Å²) in [6, 6.07) is 2.68. The van der Waals surface area contributed by atoms with Crippen LogP contribution in [0.15, 0.2) is 17.0 Å². The van der Waals surface area contributed by atoms with E-state index in [0.717, 1.165) is 5.56 Å². The van der Waals surface area contributed by atoms with E-state index in [1.165, 1.54) is 4.31 Å². The van der Waals surface area contributed by atoms with Crippen LogP contribution >= 0.6 is 0 Å². The van der Waals surface area contributed by atoms with Crippen LogP contribution in [0.1, 0.15) is 25.0 Å². The predicted octanol–water partition coefficient (Wildman–Crippen LogP) is 1.55. The largest absolute Gasteiger partial charge is 0.494 e. The Labute approximate surface area is 138 Å². The quantitative estimate of drug-likeness (QED) is 0.834. The van der Waals surface area contributed by atoms with Crippen LogP contribution in [0.25, 0.3) is 0 Å². The van der Waals surface area contributed by atoms with E-state index in [4.69, 9.17) is 4.74 Å². The second kappa shape index (κ2) is 6.49. The van der Waals surface area contributed by atoms with E-state index in [2.05, 4.69) is 0 Å². The Kier molecular flexibility index (Phi) is 5.01. The van der Waals surface area contributed by atoms with Crippen molar-refractivity contribution in [2.45, 2.75) is 38.6 Å². The lowest BCUT2D eigenvalue weighted by molar-refractivity contribution is -0.136. The zero-order chi connectivity index (χ0) is 17.4. The molecule has 2 rings (SSSR count). The number of carbonyl (C=O) groups excluding carboxylic acids is 1. The van der Waals surface area contributed by atoms with Crippen molar-refractivity contribution in [3.8, 4) is 5.75 Å². The Bertz CT molecular complexity index is 715. The van der Waals surface area contributed by atoms with E-state index >= 15 is 0 Å². The monoisotopic (exact) mass is 340 g/mol. The van der Waals surface area contributed by atoms with Gasteiger partial charge < -0.3 is 9.64 Å². The molecule has 0 radical (unpaired) electrons. The lowest BCUT2D eigenvalue weighted by Gasteiger charge is -2.36. The molecule has 0 N–H and O–H groups in total. The van der Waals surface area contributed by atoms with Crippen LogP contribution < -0.4 is 4.74 Å². The van der Waals surface area contributed by atoms with Gasteiger partial charge in [0, 0.05) is 20.1 Å². The topological polar surface area (TPSA) is 66.9 Å². The molecule has 0 saturated carbocycles. The number of nitrogens with zero attached hydrogens (tertiary/aromatic N) is 2. The number of aryl methyl sites for hydroxylation is 2. The molecule has 1 fully saturated rings. The number of amides is 1. The third-order valence-corrected chi connectivity index (χ3v) is 6.29. The van der Waals surface area contributed by atoms with Crippen molar-refractivity contribution < 1.29 is 17.9 Å². The van der Waals surface area contributed by atoms with E-state index in [9.17, 15) is 13.2 Å². The average Bonchev–Trinajstić information content (AvgIpc) is 2.48. The Morgan fingerprint density at radius 2 is 1.87 bits per heavy atom. The Hall–Kier alpha value is -1.60. The number of piperazine rings is 1. The fraction of sp³-hybridized carbons (Fsp3) is 0.562. The molecule has 0 bridgehead atoms. The summed E-state index contributed by atoms with van der Waals surface area (Å²) in [5.41, 5.74) is 1.39. The number of ether oxygens (including phenoxy) is 1. The normalized spacial score (nSPS) is 20.0. The average molecular weight is 340 g/mol. The van der Waals surface area contributed by atoms with Crippen molar-refractivity contribution in [1.82, 2.24) is 9.21 Å². The minimum atomic E-state index is -3.72. The van der Waals surface area contributed by atoms with Crippen molar-refractivity contribution in [2.24, 2.45) is 0 Å². The summed E-state index contributed by atoms with van der Waals surface area (Å²) in [6.45, 7) is 8.31. The van der Waals surface area contributed by atoms with Crippen molar-refractivity contribution in [1.29, 1.82) is 0 Å². The highest BCUT2D eigenvalue weighted by Gasteiger charge is 2.38. The van der Waals surface area contributed by atoms with Crippen LogP contribution in [0, 0.1) is 13.8 Å². The van der Waals surface area contributed by atoms with Crippen LogP contribution in [0.2, 0.25) is 0 Å². The number of benzene rings is 1. The first-order valence-corrected chi connectivity index (χ1v) is 9.15. The van der Waals surface area contributed by atoms with Crippen molar-refractivity contribution in [2.75, 3.05) is 26.7 Å². The van der Waals surface area contributed by atoms with E-state index in [0.29, 0.717) is 31.0 Å². The Balaban J connectivity index is 2.44. The van der Waals surface area contributed by atoms with Gasteiger partial charge in [-0.2, -0.15) is 4.31 Å². The van der Waals surface area contributed by atoms with E-state index in [1.54, 1.807) is 37.9 Å². The summed E-state index contributed by atoms with van der Waals surface area (Å²) >= 11 is 0. The standard InChI is InChI=1S/C16H24N2O4S/c1-6-22-14-9-12(3)15(10-11(14)2)23(20,21)18-8-7-17(5)16(19)13(18)4/h9-10,13H,6-8H2,1-5H3. The highest BCUT2D eigenvalue weighted by atomic mass is 32.2. The van der Waals surface area contributed by atoms with Gasteiger partial charge in [-0.25, -0.2) is 8.42 Å². The molecule has 1 unspecified atom stereocenters. The van der Waals surface area contributed by atoms with Crippen LogP contribution in [0.3, 0.4) is 0 Å². The second-order valence-electron chi connectivity index (χ2n) is 5.87. The molecule has 1 heterocycles. The predicted molar refractivity (Wildman–Crippen MR) is 88.1 cm³/mol. The maximum atomic E-state index is 13.0. The van der Waals surface area contributed by atoms with Gasteiger partial charge in [-0.05, 0) is 51.0 Å². The molecule has 1 aliphatic heterocycles. The molecular weight excluding hydrogens is 316 g/mol. The fourth-order valence-electron chi connectivity index (χ4n) is 2.80. The summed E-state index contributed by atoms with van der Waals surface area (Å²) in [5.74, 6) is 0.506. The molecule has 0 aliphatic carbocycles. The first kappa shape index (κ1) is 17.7. The highest BCUT2D eigenvalue weighted by molar-refractivity contribution is 7.89. The smallest absolute Gasteiger partial charge is 0.244 e. The van der Waals surface area contributed by atoms with Gasteiger partial charge in [0.2, 0.25) is 15.9 Å². The van der Waals surface area contributed by atoms with E-state index in [-0.39, 0.29) is 10.8 Å². The molecule has 6 nitrogen and oxygen atoms in total. The van der Waals surface area contributed by atoms with E-state index in [1.807, 2.05) is 13.8 Å². The maximum Gasteiger partial charge on any atom is 0.244 e. The lowest BCUT2D eigenvalue weighted by Crippen LogP contribution is -2.56. The molecule has 0 spiro atoms. The third-order valence-electron chi connectivity index (χ3n) is 4.18. The minimum absolute atomic E-state index is 0.180. The summed E-state index contributed by atoms with van der Waals surface area (Å²) < 4.78 is 32.8. The van der Waals surface area contributed by atoms with Crippen LogP contribution in [0.5, 0.6) is 5.75 Å². The zero-order valence-electron chi connectivity index (χ0n) is 14.3. The number of sulfonamides is 1. The van der Waals surface area contributed by atoms with Gasteiger partial charge >= 0.3 is 0 Å². The van der Waals surface area contributed by atoms with Crippen molar-refractivity contribution in [3.63, 3.8) is 0 Å². The molecule has 7 heteroatoms. The summed E-state index contributed by atoms with van der Waals surface area (Å²) in [7, 11) is -2.03.